The van der Waals surface area contributed by atoms with E-state index in [-0.39, 0.29) is 17.4 Å². The Balaban J connectivity index is 2.25. The summed E-state index contributed by atoms with van der Waals surface area (Å²) >= 11 is 0. The van der Waals surface area contributed by atoms with Gasteiger partial charge < -0.3 is 11.1 Å². The molecule has 1 aliphatic carbocycles. The van der Waals surface area contributed by atoms with Crippen LogP contribution >= 0.6 is 0 Å². The van der Waals surface area contributed by atoms with Crippen LogP contribution in [0.3, 0.4) is 0 Å². The summed E-state index contributed by atoms with van der Waals surface area (Å²) in [6.07, 6.45) is 3.12. The molecule has 76 valence electrons. The number of nitrogens with one attached hydrogen (secondary N) is 1. The van der Waals surface area contributed by atoms with Gasteiger partial charge in [0.1, 0.15) is 0 Å². The second-order valence-electron chi connectivity index (χ2n) is 3.60. The zero-order valence-electron chi connectivity index (χ0n) is 7.69. The van der Waals surface area contributed by atoms with Crippen molar-refractivity contribution in [3.8, 4) is 0 Å². The fraction of sp³-hybridized carbons (Fsp3) is 0.400. The zero-order valence-corrected chi connectivity index (χ0v) is 7.69. The molecule has 0 heterocycles. The monoisotopic (exact) mass is 198 g/mol. The van der Waals surface area contributed by atoms with Crippen LogP contribution in [0.1, 0.15) is 19.3 Å². The summed E-state index contributed by atoms with van der Waals surface area (Å²) in [5, 5.41) is 2.92. The quantitative estimate of drug-likeness (QED) is 0.716. The van der Waals surface area contributed by atoms with Gasteiger partial charge in [-0.15, -0.1) is 0 Å². The largest absolute Gasteiger partial charge is 0.397 e. The highest BCUT2D eigenvalue weighted by Gasteiger charge is 2.20. The first-order valence-corrected chi connectivity index (χ1v) is 4.68. The second-order valence-corrected chi connectivity index (χ2v) is 3.60. The van der Waals surface area contributed by atoms with Gasteiger partial charge in [0.15, 0.2) is 11.6 Å². The summed E-state index contributed by atoms with van der Waals surface area (Å²) in [7, 11) is 0. The Labute approximate surface area is 81.1 Å². The van der Waals surface area contributed by atoms with Crippen molar-refractivity contribution in [2.45, 2.75) is 25.3 Å². The number of hydrogen-bond acceptors (Lipinski definition) is 2. The molecule has 2 nitrogen and oxygen atoms in total. The molecule has 2 rings (SSSR count). The molecule has 4 heteroatoms. The summed E-state index contributed by atoms with van der Waals surface area (Å²) in [5.74, 6) is -1.74. The van der Waals surface area contributed by atoms with Crippen molar-refractivity contribution >= 4 is 11.4 Å². The maximum absolute atomic E-state index is 13.3. The van der Waals surface area contributed by atoms with E-state index in [9.17, 15) is 8.78 Å². The average Bonchev–Trinajstić information content (AvgIpc) is 2.09. The first-order chi connectivity index (χ1) is 6.68. The molecule has 0 spiro atoms. The van der Waals surface area contributed by atoms with Crippen LogP contribution in [0.2, 0.25) is 0 Å². The molecule has 1 aliphatic rings. The molecular formula is C10H12F2N2. The van der Waals surface area contributed by atoms with Gasteiger partial charge >= 0.3 is 0 Å². The van der Waals surface area contributed by atoms with Gasteiger partial charge in [0, 0.05) is 6.04 Å². The molecule has 1 fully saturated rings. The highest BCUT2D eigenvalue weighted by Crippen LogP contribution is 2.29. The molecule has 1 aromatic rings. The van der Waals surface area contributed by atoms with Crippen LogP contribution in [-0.2, 0) is 0 Å². The predicted octanol–water partition coefficient (Wildman–Crippen LogP) is 2.51. The van der Waals surface area contributed by atoms with Crippen LogP contribution in [0.4, 0.5) is 20.2 Å². The smallest absolute Gasteiger partial charge is 0.183 e. The van der Waals surface area contributed by atoms with Crippen LogP contribution < -0.4 is 11.1 Å². The van der Waals surface area contributed by atoms with E-state index in [0.29, 0.717) is 0 Å². The maximum Gasteiger partial charge on any atom is 0.183 e. The van der Waals surface area contributed by atoms with Crippen molar-refractivity contribution in [1.82, 2.24) is 0 Å². The van der Waals surface area contributed by atoms with E-state index >= 15 is 0 Å². The highest BCUT2D eigenvalue weighted by molar-refractivity contribution is 5.67. The van der Waals surface area contributed by atoms with Crippen LogP contribution in [-0.4, -0.2) is 6.04 Å². The van der Waals surface area contributed by atoms with Crippen molar-refractivity contribution in [2.24, 2.45) is 0 Å². The first-order valence-electron chi connectivity index (χ1n) is 4.68. The molecule has 1 saturated carbocycles. The lowest BCUT2D eigenvalue weighted by Gasteiger charge is -2.28. The van der Waals surface area contributed by atoms with Gasteiger partial charge in [-0.25, -0.2) is 8.78 Å². The van der Waals surface area contributed by atoms with E-state index in [1.54, 1.807) is 0 Å². The lowest BCUT2D eigenvalue weighted by atomic mass is 9.93. The minimum atomic E-state index is -0.878. The third-order valence-corrected chi connectivity index (χ3v) is 2.58. The number of rotatable bonds is 2. The van der Waals surface area contributed by atoms with Crippen LogP contribution in [0, 0.1) is 11.6 Å². The molecule has 14 heavy (non-hydrogen) atoms. The molecule has 0 aliphatic heterocycles. The van der Waals surface area contributed by atoms with Crippen molar-refractivity contribution in [3.05, 3.63) is 23.8 Å². The van der Waals surface area contributed by atoms with Gasteiger partial charge in [-0.3, -0.25) is 0 Å². The van der Waals surface area contributed by atoms with E-state index < -0.39 is 11.6 Å². The van der Waals surface area contributed by atoms with Crippen molar-refractivity contribution in [2.75, 3.05) is 11.1 Å². The van der Waals surface area contributed by atoms with Crippen molar-refractivity contribution < 1.29 is 8.78 Å². The summed E-state index contributed by atoms with van der Waals surface area (Å²) in [6.45, 7) is 0. The summed E-state index contributed by atoms with van der Waals surface area (Å²) < 4.78 is 26.1. The second kappa shape index (κ2) is 3.44. The number of anilines is 2. The van der Waals surface area contributed by atoms with Crippen molar-refractivity contribution in [1.29, 1.82) is 0 Å². The molecular weight excluding hydrogens is 186 g/mol. The fourth-order valence-electron chi connectivity index (χ4n) is 1.47. The Hall–Kier alpha value is -1.32. The Morgan fingerprint density at radius 1 is 1.29 bits per heavy atom. The summed E-state index contributed by atoms with van der Waals surface area (Å²) in [6, 6.07) is 2.66. The molecule has 0 saturated heterocycles. The standard InChI is InChI=1S/C10H12F2N2/c11-7-4-5-8(13)10(9(7)12)14-6-2-1-3-6/h4-6,14H,1-3,13H2. The SMILES string of the molecule is Nc1ccc(F)c(F)c1NC1CCC1. The molecule has 0 amide bonds. The molecule has 0 radical (unpaired) electrons. The number of nitrogens with two attached hydrogens (primary N) is 1. The van der Waals surface area contributed by atoms with Crippen LogP contribution in [0.15, 0.2) is 12.1 Å². The van der Waals surface area contributed by atoms with Gasteiger partial charge in [-0.2, -0.15) is 0 Å². The molecule has 0 unspecified atom stereocenters. The van der Waals surface area contributed by atoms with Gasteiger partial charge in [0.25, 0.3) is 0 Å². The first kappa shape index (κ1) is 9.24. The summed E-state index contributed by atoms with van der Waals surface area (Å²) in [4.78, 5) is 0. The van der Waals surface area contributed by atoms with E-state index in [2.05, 4.69) is 5.32 Å². The number of benzene rings is 1. The topological polar surface area (TPSA) is 38.0 Å². The molecule has 1 aromatic carbocycles. The maximum atomic E-state index is 13.3. The van der Waals surface area contributed by atoms with E-state index in [4.69, 9.17) is 5.73 Å². The lowest BCUT2D eigenvalue weighted by molar-refractivity contribution is 0.440. The van der Waals surface area contributed by atoms with E-state index in [1.165, 1.54) is 6.07 Å². The minimum absolute atomic E-state index is 0.106. The van der Waals surface area contributed by atoms with E-state index in [1.807, 2.05) is 0 Å². The fourth-order valence-corrected chi connectivity index (χ4v) is 1.47. The van der Waals surface area contributed by atoms with Gasteiger partial charge in [-0.1, -0.05) is 0 Å². The third kappa shape index (κ3) is 1.52. The van der Waals surface area contributed by atoms with E-state index in [0.717, 1.165) is 25.3 Å². The van der Waals surface area contributed by atoms with Crippen LogP contribution in [0.25, 0.3) is 0 Å². The lowest BCUT2D eigenvalue weighted by Crippen LogP contribution is -2.28. The Morgan fingerprint density at radius 2 is 2.00 bits per heavy atom. The molecule has 3 N–H and O–H groups in total. The Bertz CT molecular complexity index is 348. The van der Waals surface area contributed by atoms with Gasteiger partial charge in [-0.05, 0) is 31.4 Å². The van der Waals surface area contributed by atoms with Crippen molar-refractivity contribution in [3.63, 3.8) is 0 Å². The normalized spacial score (nSPS) is 16.4. The Morgan fingerprint density at radius 3 is 2.57 bits per heavy atom. The molecule has 0 atom stereocenters. The number of nitrogen functional groups attached to an aromatic ring is 1. The van der Waals surface area contributed by atoms with Gasteiger partial charge in [0.05, 0.1) is 11.4 Å². The number of halogens is 2. The molecule has 0 aromatic heterocycles. The Kier molecular flexibility index (Phi) is 2.27. The predicted molar refractivity (Wildman–Crippen MR) is 52.0 cm³/mol. The van der Waals surface area contributed by atoms with Gasteiger partial charge in [0.2, 0.25) is 0 Å². The third-order valence-electron chi connectivity index (χ3n) is 2.58. The highest BCUT2D eigenvalue weighted by atomic mass is 19.2. The minimum Gasteiger partial charge on any atom is -0.397 e. The summed E-state index contributed by atoms with van der Waals surface area (Å²) in [5.41, 5.74) is 5.91. The van der Waals surface area contributed by atoms with Crippen LogP contribution in [0.5, 0.6) is 0 Å². The zero-order chi connectivity index (χ0) is 10.1. The molecule has 0 bridgehead atoms. The number of hydrogen-bond donors (Lipinski definition) is 2. The average molecular weight is 198 g/mol.